The Morgan fingerprint density at radius 1 is 1.37 bits per heavy atom. The van der Waals surface area contributed by atoms with Crippen LogP contribution in [0.4, 0.5) is 0 Å². The van der Waals surface area contributed by atoms with Crippen molar-refractivity contribution < 1.29 is 14.6 Å². The lowest BCUT2D eigenvalue weighted by molar-refractivity contribution is -0.132. The van der Waals surface area contributed by atoms with E-state index in [0.717, 1.165) is 19.3 Å². The molecule has 0 aromatic carbocycles. The van der Waals surface area contributed by atoms with E-state index >= 15 is 0 Å². The van der Waals surface area contributed by atoms with E-state index in [2.05, 4.69) is 19.2 Å². The van der Waals surface area contributed by atoms with Crippen LogP contribution in [0.5, 0.6) is 0 Å². The average Bonchev–Trinajstić information content (AvgIpc) is 2.67. The number of amides is 1. The van der Waals surface area contributed by atoms with Crippen LogP contribution in [0, 0.1) is 11.3 Å². The summed E-state index contributed by atoms with van der Waals surface area (Å²) < 4.78 is 5.39. The molecule has 0 radical (unpaired) electrons. The van der Waals surface area contributed by atoms with Gasteiger partial charge in [0.2, 0.25) is 5.91 Å². The minimum Gasteiger partial charge on any atom is -0.385 e. The van der Waals surface area contributed by atoms with Gasteiger partial charge in [-0.05, 0) is 25.2 Å². The van der Waals surface area contributed by atoms with Crippen molar-refractivity contribution in [1.29, 1.82) is 0 Å². The van der Waals surface area contributed by atoms with Crippen LogP contribution in [0.2, 0.25) is 0 Å². The Kier molecular flexibility index (Phi) is 4.21. The van der Waals surface area contributed by atoms with Gasteiger partial charge >= 0.3 is 0 Å². The minimum atomic E-state index is -0.894. The third-order valence-electron chi connectivity index (χ3n) is 5.05. The zero-order chi connectivity index (χ0) is 14.1. The van der Waals surface area contributed by atoms with Gasteiger partial charge in [0.25, 0.3) is 0 Å². The Hall–Kier alpha value is -0.610. The molecular formula is C15H27NO3. The zero-order valence-corrected chi connectivity index (χ0v) is 12.4. The van der Waals surface area contributed by atoms with E-state index in [9.17, 15) is 9.90 Å². The number of ether oxygens (including phenoxy) is 1. The van der Waals surface area contributed by atoms with Crippen LogP contribution in [0.3, 0.4) is 0 Å². The first-order valence-electron chi connectivity index (χ1n) is 7.47. The Balaban J connectivity index is 1.90. The van der Waals surface area contributed by atoms with Gasteiger partial charge in [0.1, 0.15) is 5.60 Å². The number of rotatable bonds is 3. The normalized spacial score (nSPS) is 38.1. The number of nitrogens with one attached hydrogen (secondary N) is 1. The molecule has 3 atom stereocenters. The first kappa shape index (κ1) is 14.8. The highest BCUT2D eigenvalue weighted by molar-refractivity contribution is 5.79. The second-order valence-electron chi connectivity index (χ2n) is 6.87. The Labute approximate surface area is 115 Å². The van der Waals surface area contributed by atoms with Crippen molar-refractivity contribution in [2.24, 2.45) is 11.3 Å². The highest BCUT2D eigenvalue weighted by Gasteiger charge is 2.42. The van der Waals surface area contributed by atoms with Crippen molar-refractivity contribution in [3.05, 3.63) is 0 Å². The summed E-state index contributed by atoms with van der Waals surface area (Å²) in [6.07, 6.45) is 4.81. The smallest absolute Gasteiger partial charge is 0.223 e. The Morgan fingerprint density at radius 2 is 2.11 bits per heavy atom. The molecule has 1 saturated heterocycles. The summed E-state index contributed by atoms with van der Waals surface area (Å²) in [5, 5.41) is 13.3. The topological polar surface area (TPSA) is 58.6 Å². The molecule has 0 aromatic rings. The van der Waals surface area contributed by atoms with Crippen LogP contribution in [-0.2, 0) is 9.53 Å². The van der Waals surface area contributed by atoms with Gasteiger partial charge in [-0.2, -0.15) is 0 Å². The van der Waals surface area contributed by atoms with Crippen molar-refractivity contribution in [2.45, 2.75) is 64.6 Å². The monoisotopic (exact) mass is 269 g/mol. The molecular weight excluding hydrogens is 242 g/mol. The molecule has 1 aliphatic heterocycles. The molecule has 1 amide bonds. The van der Waals surface area contributed by atoms with Crippen LogP contribution in [-0.4, -0.2) is 35.9 Å². The highest BCUT2D eigenvalue weighted by atomic mass is 16.5. The number of carbonyl (C=O) groups excluding carboxylic acids is 1. The Bertz CT molecular complexity index is 342. The van der Waals surface area contributed by atoms with Crippen molar-refractivity contribution in [1.82, 2.24) is 5.32 Å². The van der Waals surface area contributed by atoms with Gasteiger partial charge in [0.05, 0.1) is 6.10 Å². The molecule has 1 aliphatic carbocycles. The summed E-state index contributed by atoms with van der Waals surface area (Å²) in [6, 6.07) is 0. The van der Waals surface area contributed by atoms with Crippen molar-refractivity contribution in [3.8, 4) is 0 Å². The van der Waals surface area contributed by atoms with Crippen molar-refractivity contribution in [3.63, 3.8) is 0 Å². The molecule has 4 heteroatoms. The minimum absolute atomic E-state index is 0.0717. The molecule has 0 bridgehead atoms. The summed E-state index contributed by atoms with van der Waals surface area (Å²) in [5.74, 6) is 0.166. The van der Waals surface area contributed by atoms with Crippen LogP contribution < -0.4 is 5.32 Å². The molecule has 0 spiro atoms. The number of hydrogen-bond acceptors (Lipinski definition) is 3. The molecule has 3 unspecified atom stereocenters. The van der Waals surface area contributed by atoms with E-state index in [1.807, 2.05) is 6.92 Å². The summed E-state index contributed by atoms with van der Waals surface area (Å²) in [6.45, 7) is 7.09. The van der Waals surface area contributed by atoms with E-state index in [1.54, 1.807) is 0 Å². The van der Waals surface area contributed by atoms with E-state index in [-0.39, 0.29) is 23.3 Å². The van der Waals surface area contributed by atoms with Gasteiger partial charge in [-0.25, -0.2) is 0 Å². The number of hydrogen-bond donors (Lipinski definition) is 2. The molecule has 1 saturated carbocycles. The highest BCUT2D eigenvalue weighted by Crippen LogP contribution is 2.40. The number of carbonyl (C=O) groups is 1. The molecule has 2 N–H and O–H groups in total. The van der Waals surface area contributed by atoms with Gasteiger partial charge in [-0.15, -0.1) is 0 Å². The summed E-state index contributed by atoms with van der Waals surface area (Å²) >= 11 is 0. The SMILES string of the molecule is CC1OCCC1(O)CNC(=O)C1CCCCC1(C)C. The van der Waals surface area contributed by atoms with Gasteiger partial charge in [0, 0.05) is 25.5 Å². The number of aliphatic hydroxyl groups is 1. The molecule has 2 aliphatic rings. The van der Waals surface area contributed by atoms with Crippen LogP contribution in [0.1, 0.15) is 52.9 Å². The zero-order valence-electron chi connectivity index (χ0n) is 12.4. The molecule has 2 fully saturated rings. The maximum Gasteiger partial charge on any atom is 0.223 e. The van der Waals surface area contributed by atoms with Crippen LogP contribution in [0.15, 0.2) is 0 Å². The lowest BCUT2D eigenvalue weighted by Crippen LogP contribution is -2.50. The first-order valence-corrected chi connectivity index (χ1v) is 7.47. The van der Waals surface area contributed by atoms with Crippen molar-refractivity contribution >= 4 is 5.91 Å². The standard InChI is InChI=1S/C15H27NO3/c1-11-15(18,8-9-19-11)10-16-13(17)12-6-4-5-7-14(12,2)3/h11-12,18H,4-10H2,1-3H3,(H,16,17). The average molecular weight is 269 g/mol. The largest absolute Gasteiger partial charge is 0.385 e. The predicted molar refractivity (Wildman–Crippen MR) is 73.7 cm³/mol. The molecule has 19 heavy (non-hydrogen) atoms. The fourth-order valence-electron chi connectivity index (χ4n) is 3.35. The van der Waals surface area contributed by atoms with E-state index < -0.39 is 5.60 Å². The third kappa shape index (κ3) is 3.11. The van der Waals surface area contributed by atoms with Gasteiger partial charge in [-0.3, -0.25) is 4.79 Å². The third-order valence-corrected chi connectivity index (χ3v) is 5.05. The van der Waals surface area contributed by atoms with Gasteiger partial charge < -0.3 is 15.2 Å². The Morgan fingerprint density at radius 3 is 2.68 bits per heavy atom. The second-order valence-corrected chi connectivity index (χ2v) is 6.87. The quantitative estimate of drug-likeness (QED) is 0.822. The maximum absolute atomic E-state index is 12.4. The lowest BCUT2D eigenvalue weighted by Gasteiger charge is -2.38. The second kappa shape index (κ2) is 5.41. The molecule has 4 nitrogen and oxygen atoms in total. The lowest BCUT2D eigenvalue weighted by atomic mass is 9.68. The predicted octanol–water partition coefficient (Wildman–Crippen LogP) is 1.86. The van der Waals surface area contributed by atoms with Gasteiger partial charge in [-0.1, -0.05) is 26.7 Å². The summed E-state index contributed by atoms with van der Waals surface area (Å²) in [5.41, 5.74) is -0.822. The van der Waals surface area contributed by atoms with Crippen LogP contribution in [0.25, 0.3) is 0 Å². The van der Waals surface area contributed by atoms with Crippen molar-refractivity contribution in [2.75, 3.05) is 13.2 Å². The summed E-state index contributed by atoms with van der Waals surface area (Å²) in [4.78, 5) is 12.4. The van der Waals surface area contributed by atoms with E-state index in [4.69, 9.17) is 4.74 Å². The molecule has 1 heterocycles. The fourth-order valence-corrected chi connectivity index (χ4v) is 3.35. The first-order chi connectivity index (χ1) is 8.85. The maximum atomic E-state index is 12.4. The summed E-state index contributed by atoms with van der Waals surface area (Å²) in [7, 11) is 0. The van der Waals surface area contributed by atoms with Crippen LogP contribution >= 0.6 is 0 Å². The van der Waals surface area contributed by atoms with Gasteiger partial charge in [0.15, 0.2) is 0 Å². The molecule has 2 rings (SSSR count). The van der Waals surface area contributed by atoms with E-state index in [0.29, 0.717) is 19.6 Å². The molecule has 110 valence electrons. The molecule has 0 aromatic heterocycles. The fraction of sp³-hybridized carbons (Fsp3) is 0.933. The van der Waals surface area contributed by atoms with E-state index in [1.165, 1.54) is 6.42 Å².